The Labute approximate surface area is 91.9 Å². The van der Waals surface area contributed by atoms with Crippen LogP contribution in [0, 0.1) is 17.3 Å². The fourth-order valence-electron chi connectivity index (χ4n) is 3.92. The molecule has 1 saturated carbocycles. The molecular formula is C13H20N2. The molecule has 0 N–H and O–H groups in total. The molecule has 0 radical (unpaired) electrons. The van der Waals surface area contributed by atoms with Crippen molar-refractivity contribution in [3.05, 3.63) is 12.2 Å². The van der Waals surface area contributed by atoms with Gasteiger partial charge in [-0.15, -0.1) is 0 Å². The van der Waals surface area contributed by atoms with Gasteiger partial charge in [-0.2, -0.15) is 10.2 Å². The molecule has 2 heteroatoms. The molecule has 1 heterocycles. The molecule has 0 spiro atoms. The fourth-order valence-corrected chi connectivity index (χ4v) is 3.92. The number of nitrogens with zero attached hydrogens (tertiary/aromatic N) is 2. The summed E-state index contributed by atoms with van der Waals surface area (Å²) in [5.74, 6) is 1.62. The van der Waals surface area contributed by atoms with Crippen molar-refractivity contribution >= 4 is 0 Å². The standard InChI is InChI=1S/C13H20N2/c1-13(2)11-9-7-5-3-4-6-8-10(9)12(13)15-14-11/h3-4,9-12H,5-8H2,1-2H3/b4-3-/t9-,10+,11-,12-/m0/s1. The predicted molar refractivity (Wildman–Crippen MR) is 60.8 cm³/mol. The summed E-state index contributed by atoms with van der Waals surface area (Å²) < 4.78 is 0. The average molecular weight is 204 g/mol. The first kappa shape index (κ1) is 9.56. The monoisotopic (exact) mass is 204 g/mol. The van der Waals surface area contributed by atoms with E-state index in [1.165, 1.54) is 25.7 Å². The second kappa shape index (κ2) is 3.16. The van der Waals surface area contributed by atoms with Gasteiger partial charge in [0.05, 0.1) is 12.1 Å². The molecule has 0 amide bonds. The summed E-state index contributed by atoms with van der Waals surface area (Å²) in [5, 5.41) is 9.03. The van der Waals surface area contributed by atoms with Gasteiger partial charge in [0.1, 0.15) is 0 Å². The number of rotatable bonds is 0. The summed E-state index contributed by atoms with van der Waals surface area (Å²) in [6.07, 6.45) is 9.85. The molecule has 0 aromatic rings. The zero-order chi connectivity index (χ0) is 10.5. The molecule has 2 bridgehead atoms. The summed E-state index contributed by atoms with van der Waals surface area (Å²) in [7, 11) is 0. The van der Waals surface area contributed by atoms with Crippen LogP contribution in [0.3, 0.4) is 0 Å². The van der Waals surface area contributed by atoms with Crippen LogP contribution in [0.25, 0.3) is 0 Å². The highest BCUT2D eigenvalue weighted by Crippen LogP contribution is 2.56. The van der Waals surface area contributed by atoms with Gasteiger partial charge in [0.2, 0.25) is 0 Å². The Morgan fingerprint density at radius 1 is 0.933 bits per heavy atom. The van der Waals surface area contributed by atoms with Gasteiger partial charge in [-0.25, -0.2) is 0 Å². The first-order valence-corrected chi connectivity index (χ1v) is 6.26. The molecular weight excluding hydrogens is 184 g/mol. The van der Waals surface area contributed by atoms with Gasteiger partial charge in [0.25, 0.3) is 0 Å². The van der Waals surface area contributed by atoms with E-state index in [1.54, 1.807) is 0 Å². The number of fused-ring (bicyclic) bond motifs is 5. The summed E-state index contributed by atoms with van der Waals surface area (Å²) in [6.45, 7) is 4.72. The van der Waals surface area contributed by atoms with E-state index < -0.39 is 0 Å². The van der Waals surface area contributed by atoms with Gasteiger partial charge in [0, 0.05) is 5.41 Å². The van der Waals surface area contributed by atoms with Crippen molar-refractivity contribution in [2.45, 2.75) is 51.6 Å². The molecule has 1 aliphatic heterocycles. The summed E-state index contributed by atoms with van der Waals surface area (Å²) in [6, 6.07) is 1.03. The molecule has 2 nitrogen and oxygen atoms in total. The maximum absolute atomic E-state index is 4.51. The Bertz CT molecular complexity index is 288. The lowest BCUT2D eigenvalue weighted by Crippen LogP contribution is -2.27. The van der Waals surface area contributed by atoms with Crippen LogP contribution in [-0.4, -0.2) is 12.1 Å². The third-order valence-electron chi connectivity index (χ3n) is 4.70. The zero-order valence-corrected chi connectivity index (χ0v) is 9.69. The lowest BCUT2D eigenvalue weighted by molar-refractivity contribution is 0.275. The molecule has 0 unspecified atom stereocenters. The van der Waals surface area contributed by atoms with Crippen molar-refractivity contribution in [3.8, 4) is 0 Å². The van der Waals surface area contributed by atoms with Crippen LogP contribution in [-0.2, 0) is 0 Å². The normalized spacial score (nSPS) is 48.4. The van der Waals surface area contributed by atoms with E-state index in [2.05, 4.69) is 36.2 Å². The number of hydrogen-bond acceptors (Lipinski definition) is 2. The molecule has 1 fully saturated rings. The van der Waals surface area contributed by atoms with Crippen LogP contribution in [0.5, 0.6) is 0 Å². The lowest BCUT2D eigenvalue weighted by atomic mass is 9.83. The minimum absolute atomic E-state index is 0.333. The van der Waals surface area contributed by atoms with Crippen molar-refractivity contribution < 1.29 is 0 Å². The van der Waals surface area contributed by atoms with Crippen LogP contribution in [0.2, 0.25) is 0 Å². The maximum atomic E-state index is 4.51. The van der Waals surface area contributed by atoms with E-state index in [0.29, 0.717) is 17.5 Å². The minimum atomic E-state index is 0.333. The summed E-state index contributed by atoms with van der Waals surface area (Å²) in [4.78, 5) is 0. The molecule has 3 rings (SSSR count). The molecule has 0 saturated heterocycles. The highest BCUT2D eigenvalue weighted by atomic mass is 15.2. The minimum Gasteiger partial charge on any atom is -0.190 e. The van der Waals surface area contributed by atoms with Crippen molar-refractivity contribution in [1.82, 2.24) is 0 Å². The average Bonchev–Trinajstić information content (AvgIpc) is 2.52. The Hall–Kier alpha value is -0.660. The van der Waals surface area contributed by atoms with Crippen LogP contribution in [0.1, 0.15) is 39.5 Å². The highest BCUT2D eigenvalue weighted by molar-refractivity contribution is 5.13. The molecule has 3 aliphatic rings. The van der Waals surface area contributed by atoms with Crippen LogP contribution in [0.15, 0.2) is 22.4 Å². The van der Waals surface area contributed by atoms with Crippen LogP contribution < -0.4 is 0 Å². The van der Waals surface area contributed by atoms with E-state index in [4.69, 9.17) is 0 Å². The SMILES string of the molecule is CC1(C)[C@H]2N=N[C@H]1[C@H]1CC/C=C\CC[C@H]12. The quantitative estimate of drug-likeness (QED) is 0.539. The van der Waals surface area contributed by atoms with E-state index in [9.17, 15) is 0 Å². The van der Waals surface area contributed by atoms with Crippen LogP contribution >= 0.6 is 0 Å². The maximum Gasteiger partial charge on any atom is 0.0812 e. The Balaban J connectivity index is 1.91. The smallest absolute Gasteiger partial charge is 0.0812 e. The third-order valence-corrected chi connectivity index (χ3v) is 4.70. The molecule has 2 aliphatic carbocycles. The lowest BCUT2D eigenvalue weighted by Gasteiger charge is -2.26. The summed E-state index contributed by atoms with van der Waals surface area (Å²) >= 11 is 0. The highest BCUT2D eigenvalue weighted by Gasteiger charge is 2.58. The van der Waals surface area contributed by atoms with Gasteiger partial charge in [-0.05, 0) is 37.5 Å². The fraction of sp³-hybridized carbons (Fsp3) is 0.846. The van der Waals surface area contributed by atoms with Gasteiger partial charge >= 0.3 is 0 Å². The van der Waals surface area contributed by atoms with Crippen molar-refractivity contribution in [1.29, 1.82) is 0 Å². The van der Waals surface area contributed by atoms with Crippen molar-refractivity contribution in [2.24, 2.45) is 27.5 Å². The second-order valence-electron chi connectivity index (χ2n) is 5.90. The van der Waals surface area contributed by atoms with Gasteiger partial charge in [-0.3, -0.25) is 0 Å². The third kappa shape index (κ3) is 1.23. The van der Waals surface area contributed by atoms with E-state index in [0.717, 1.165) is 11.8 Å². The largest absolute Gasteiger partial charge is 0.190 e. The zero-order valence-electron chi connectivity index (χ0n) is 9.69. The van der Waals surface area contributed by atoms with E-state index in [1.807, 2.05) is 0 Å². The van der Waals surface area contributed by atoms with Crippen molar-refractivity contribution in [3.63, 3.8) is 0 Å². The summed E-state index contributed by atoms with van der Waals surface area (Å²) in [5.41, 5.74) is 0.333. The molecule has 0 aromatic carbocycles. The Kier molecular flexibility index (Phi) is 2.02. The Morgan fingerprint density at radius 3 is 1.87 bits per heavy atom. The topological polar surface area (TPSA) is 24.7 Å². The molecule has 82 valence electrons. The molecule has 4 atom stereocenters. The number of allylic oxidation sites excluding steroid dienone is 2. The van der Waals surface area contributed by atoms with Crippen LogP contribution in [0.4, 0.5) is 0 Å². The first-order valence-electron chi connectivity index (χ1n) is 6.26. The Morgan fingerprint density at radius 2 is 1.40 bits per heavy atom. The molecule has 15 heavy (non-hydrogen) atoms. The van der Waals surface area contributed by atoms with Crippen molar-refractivity contribution in [2.75, 3.05) is 0 Å². The van der Waals surface area contributed by atoms with E-state index >= 15 is 0 Å². The van der Waals surface area contributed by atoms with Gasteiger partial charge < -0.3 is 0 Å². The van der Waals surface area contributed by atoms with Gasteiger partial charge in [-0.1, -0.05) is 26.0 Å². The van der Waals surface area contributed by atoms with Gasteiger partial charge in [0.15, 0.2) is 0 Å². The number of azo groups is 1. The molecule has 0 aromatic heterocycles. The van der Waals surface area contributed by atoms with E-state index in [-0.39, 0.29) is 0 Å². The second-order valence-corrected chi connectivity index (χ2v) is 5.90. The number of hydrogen-bond donors (Lipinski definition) is 0. The predicted octanol–water partition coefficient (Wildman–Crippen LogP) is 3.59. The first-order chi connectivity index (χ1) is 7.21.